The summed E-state index contributed by atoms with van der Waals surface area (Å²) in [5.41, 5.74) is 6.40. The molecule has 4 rings (SSSR count). The Kier molecular flexibility index (Phi) is 2.94. The van der Waals surface area contributed by atoms with Gasteiger partial charge in [-0.2, -0.15) is 0 Å². The van der Waals surface area contributed by atoms with E-state index in [-0.39, 0.29) is 6.04 Å². The molecular formula is C18H19N3O. The van der Waals surface area contributed by atoms with E-state index < -0.39 is 6.10 Å². The Hall–Kier alpha value is -2.33. The zero-order valence-corrected chi connectivity index (χ0v) is 12.7. The number of hydrogen-bond acceptors (Lipinski definition) is 3. The van der Waals surface area contributed by atoms with Crippen molar-refractivity contribution in [2.24, 2.45) is 0 Å². The second kappa shape index (κ2) is 4.85. The maximum atomic E-state index is 10.5. The van der Waals surface area contributed by atoms with Crippen molar-refractivity contribution < 1.29 is 5.11 Å². The van der Waals surface area contributed by atoms with Crippen molar-refractivity contribution in [3.8, 4) is 0 Å². The number of fused-ring (bicyclic) bond motifs is 3. The summed E-state index contributed by atoms with van der Waals surface area (Å²) in [5.74, 6) is 0. The second-order valence-electron chi connectivity index (χ2n) is 6.00. The second-order valence-corrected chi connectivity index (χ2v) is 6.00. The fourth-order valence-electron chi connectivity index (χ4n) is 3.27. The van der Waals surface area contributed by atoms with Gasteiger partial charge >= 0.3 is 0 Å². The number of imidazole rings is 1. The molecule has 0 saturated carbocycles. The molecule has 0 bridgehead atoms. The van der Waals surface area contributed by atoms with Crippen LogP contribution in [0.5, 0.6) is 0 Å². The van der Waals surface area contributed by atoms with Gasteiger partial charge in [0.1, 0.15) is 0 Å². The number of aliphatic hydroxyl groups is 1. The molecule has 0 radical (unpaired) electrons. The molecular weight excluding hydrogens is 274 g/mol. The summed E-state index contributed by atoms with van der Waals surface area (Å²) >= 11 is 0. The number of hydrogen-bond donors (Lipinski definition) is 2. The quantitative estimate of drug-likeness (QED) is 0.725. The molecule has 0 spiro atoms. The minimum atomic E-state index is -0.436. The summed E-state index contributed by atoms with van der Waals surface area (Å²) in [7, 11) is 0. The summed E-state index contributed by atoms with van der Waals surface area (Å²) < 4.78 is 2.11. The fourth-order valence-corrected chi connectivity index (χ4v) is 3.27. The van der Waals surface area contributed by atoms with Gasteiger partial charge in [-0.05, 0) is 31.0 Å². The smallest absolute Gasteiger partial charge is 0.161 e. The van der Waals surface area contributed by atoms with Crippen LogP contribution in [0.4, 0.5) is 5.69 Å². The predicted octanol–water partition coefficient (Wildman–Crippen LogP) is 3.02. The lowest BCUT2D eigenvalue weighted by Crippen LogP contribution is -2.32. The highest BCUT2D eigenvalue weighted by Gasteiger charge is 2.29. The van der Waals surface area contributed by atoms with Gasteiger partial charge in [-0.3, -0.25) is 0 Å². The molecule has 2 aromatic heterocycles. The van der Waals surface area contributed by atoms with Crippen LogP contribution < -0.4 is 5.32 Å². The lowest BCUT2D eigenvalue weighted by atomic mass is 9.91. The van der Waals surface area contributed by atoms with Crippen LogP contribution in [0.25, 0.3) is 5.65 Å². The van der Waals surface area contributed by atoms with Crippen molar-refractivity contribution in [3.63, 3.8) is 0 Å². The molecule has 1 aliphatic rings. The van der Waals surface area contributed by atoms with Gasteiger partial charge in [0.05, 0.1) is 23.5 Å². The number of aliphatic hydroxyl groups excluding tert-OH is 1. The zero-order chi connectivity index (χ0) is 15.3. The maximum Gasteiger partial charge on any atom is 0.161 e. The molecule has 2 N–H and O–H groups in total. The fraction of sp³-hybridized carbons (Fsp3) is 0.278. The molecule has 3 aromatic rings. The van der Waals surface area contributed by atoms with E-state index in [1.807, 2.05) is 43.5 Å². The van der Waals surface area contributed by atoms with E-state index in [1.165, 1.54) is 0 Å². The van der Waals surface area contributed by atoms with Gasteiger partial charge in [0.25, 0.3) is 0 Å². The van der Waals surface area contributed by atoms with Gasteiger partial charge < -0.3 is 14.8 Å². The molecule has 4 heteroatoms. The van der Waals surface area contributed by atoms with E-state index in [0.717, 1.165) is 33.8 Å². The molecule has 0 unspecified atom stereocenters. The third-order valence-corrected chi connectivity index (χ3v) is 4.63. The lowest BCUT2D eigenvalue weighted by molar-refractivity contribution is 0.148. The first kappa shape index (κ1) is 13.3. The van der Waals surface area contributed by atoms with E-state index in [1.54, 1.807) is 0 Å². The first-order chi connectivity index (χ1) is 10.6. The number of anilines is 1. The van der Waals surface area contributed by atoms with Crippen LogP contribution in [0.1, 0.15) is 28.6 Å². The SMILES string of the molecule is Cc1nc2c3c(ccn2c1C)C[C@H](O)[C@@H](c1ccccc1)N3. The van der Waals surface area contributed by atoms with Crippen LogP contribution in [-0.4, -0.2) is 20.6 Å². The average Bonchev–Trinajstić information content (AvgIpc) is 2.83. The van der Waals surface area contributed by atoms with E-state index in [9.17, 15) is 5.11 Å². The highest BCUT2D eigenvalue weighted by atomic mass is 16.3. The molecule has 4 nitrogen and oxygen atoms in total. The topological polar surface area (TPSA) is 49.6 Å². The number of pyridine rings is 1. The zero-order valence-electron chi connectivity index (χ0n) is 12.7. The van der Waals surface area contributed by atoms with Crippen molar-refractivity contribution in [3.05, 3.63) is 65.1 Å². The van der Waals surface area contributed by atoms with Crippen LogP contribution in [-0.2, 0) is 6.42 Å². The van der Waals surface area contributed by atoms with Crippen LogP contribution >= 0.6 is 0 Å². The van der Waals surface area contributed by atoms with Crippen LogP contribution in [0.3, 0.4) is 0 Å². The monoisotopic (exact) mass is 293 g/mol. The number of rotatable bonds is 1. The Morgan fingerprint density at radius 3 is 2.73 bits per heavy atom. The Labute approximate surface area is 129 Å². The van der Waals surface area contributed by atoms with Crippen LogP contribution in [0.2, 0.25) is 0 Å². The largest absolute Gasteiger partial charge is 0.390 e. The molecule has 1 aliphatic heterocycles. The molecule has 0 fully saturated rings. The van der Waals surface area contributed by atoms with Gasteiger partial charge in [-0.15, -0.1) is 0 Å². The Morgan fingerprint density at radius 1 is 1.18 bits per heavy atom. The molecule has 112 valence electrons. The number of nitrogens with one attached hydrogen (secondary N) is 1. The third kappa shape index (κ3) is 1.91. The van der Waals surface area contributed by atoms with Crippen LogP contribution in [0, 0.1) is 13.8 Å². The molecule has 22 heavy (non-hydrogen) atoms. The highest BCUT2D eigenvalue weighted by molar-refractivity contribution is 5.74. The van der Waals surface area contributed by atoms with Crippen molar-refractivity contribution in [2.45, 2.75) is 32.4 Å². The van der Waals surface area contributed by atoms with Gasteiger partial charge in [-0.1, -0.05) is 30.3 Å². The minimum Gasteiger partial charge on any atom is -0.390 e. The van der Waals surface area contributed by atoms with Crippen LogP contribution in [0.15, 0.2) is 42.6 Å². The van der Waals surface area contributed by atoms with Gasteiger partial charge in [0, 0.05) is 18.3 Å². The number of benzene rings is 1. The van der Waals surface area contributed by atoms with Crippen molar-refractivity contribution in [1.29, 1.82) is 0 Å². The summed E-state index contributed by atoms with van der Waals surface area (Å²) in [6.45, 7) is 4.11. The number of aromatic nitrogens is 2. The van der Waals surface area contributed by atoms with Crippen molar-refractivity contribution >= 4 is 11.3 Å². The predicted molar refractivity (Wildman–Crippen MR) is 87.2 cm³/mol. The van der Waals surface area contributed by atoms with E-state index >= 15 is 0 Å². The number of nitrogens with zero attached hydrogens (tertiary/aromatic N) is 2. The van der Waals surface area contributed by atoms with Gasteiger partial charge in [0.2, 0.25) is 0 Å². The summed E-state index contributed by atoms with van der Waals surface area (Å²) in [6.07, 6.45) is 2.25. The van der Waals surface area contributed by atoms with E-state index in [4.69, 9.17) is 4.98 Å². The van der Waals surface area contributed by atoms with Gasteiger partial charge in [-0.25, -0.2) is 4.98 Å². The lowest BCUT2D eigenvalue weighted by Gasteiger charge is -2.32. The first-order valence-corrected chi connectivity index (χ1v) is 7.62. The highest BCUT2D eigenvalue weighted by Crippen LogP contribution is 2.35. The molecule has 0 amide bonds. The average molecular weight is 293 g/mol. The normalized spacial score (nSPS) is 20.7. The summed E-state index contributed by atoms with van der Waals surface area (Å²) in [4.78, 5) is 4.70. The van der Waals surface area contributed by atoms with E-state index in [0.29, 0.717) is 6.42 Å². The minimum absolute atomic E-state index is 0.0998. The van der Waals surface area contributed by atoms with Crippen molar-refractivity contribution in [1.82, 2.24) is 9.38 Å². The first-order valence-electron chi connectivity index (χ1n) is 7.62. The van der Waals surface area contributed by atoms with E-state index in [2.05, 4.69) is 22.7 Å². The molecule has 2 atom stereocenters. The summed E-state index contributed by atoms with van der Waals surface area (Å²) in [5, 5.41) is 14.0. The van der Waals surface area contributed by atoms with Crippen molar-refractivity contribution in [2.75, 3.05) is 5.32 Å². The maximum absolute atomic E-state index is 10.5. The molecule has 1 aromatic carbocycles. The number of aryl methyl sites for hydroxylation is 2. The molecule has 0 saturated heterocycles. The molecule has 0 aliphatic carbocycles. The molecule has 3 heterocycles. The van der Waals surface area contributed by atoms with Gasteiger partial charge in [0.15, 0.2) is 5.65 Å². The Balaban J connectivity index is 1.85. The Bertz CT molecular complexity index is 838. The standard InChI is InChI=1S/C18H19N3O/c1-11-12(2)21-9-8-14-10-15(22)16(13-6-4-3-5-7-13)20-17(14)18(21)19-11/h3-9,15-16,20,22H,10H2,1-2H3/t15-,16+/m0/s1. The summed E-state index contributed by atoms with van der Waals surface area (Å²) in [6, 6.07) is 12.1. The Morgan fingerprint density at radius 2 is 1.95 bits per heavy atom. The third-order valence-electron chi connectivity index (χ3n) is 4.63.